The van der Waals surface area contributed by atoms with Gasteiger partial charge >= 0.3 is 0 Å². The summed E-state index contributed by atoms with van der Waals surface area (Å²) in [5, 5.41) is 11.9. The molecule has 2 bridgehead atoms. The van der Waals surface area contributed by atoms with Crippen LogP contribution in [0.2, 0.25) is 5.02 Å². The molecule has 1 aromatic carbocycles. The Bertz CT molecular complexity index is 754. The summed E-state index contributed by atoms with van der Waals surface area (Å²) < 4.78 is 0. The first-order valence-corrected chi connectivity index (χ1v) is 8.80. The van der Waals surface area contributed by atoms with E-state index in [0.29, 0.717) is 17.9 Å². The van der Waals surface area contributed by atoms with Crippen molar-refractivity contribution < 1.29 is 9.90 Å². The van der Waals surface area contributed by atoms with Crippen molar-refractivity contribution in [2.75, 3.05) is 0 Å². The summed E-state index contributed by atoms with van der Waals surface area (Å²) in [6.07, 6.45) is 6.70. The second-order valence-corrected chi connectivity index (χ2v) is 7.53. The van der Waals surface area contributed by atoms with Crippen LogP contribution in [0.25, 0.3) is 0 Å². The Morgan fingerprint density at radius 1 is 1.21 bits per heavy atom. The van der Waals surface area contributed by atoms with Crippen LogP contribution in [0, 0.1) is 6.92 Å². The van der Waals surface area contributed by atoms with Gasteiger partial charge in [-0.3, -0.25) is 4.79 Å². The lowest BCUT2D eigenvalue weighted by atomic mass is 9.80. The molecule has 1 aromatic heterocycles. The van der Waals surface area contributed by atoms with Crippen molar-refractivity contribution in [1.29, 1.82) is 0 Å². The Balaban J connectivity index is 1.61. The lowest BCUT2D eigenvalue weighted by Gasteiger charge is -2.44. The Morgan fingerprint density at radius 2 is 1.83 bits per heavy atom. The number of aromatic nitrogens is 1. The maximum Gasteiger partial charge on any atom is 0.256 e. The minimum Gasteiger partial charge on any atom is -0.385 e. The second-order valence-electron chi connectivity index (χ2n) is 7.10. The first-order chi connectivity index (χ1) is 11.5. The minimum atomic E-state index is -0.875. The normalized spacial score (nSPS) is 29.0. The van der Waals surface area contributed by atoms with Gasteiger partial charge in [0.25, 0.3) is 5.91 Å². The number of aromatic amines is 1. The summed E-state index contributed by atoms with van der Waals surface area (Å²) in [6.45, 7) is 1.94. The van der Waals surface area contributed by atoms with Crippen molar-refractivity contribution in [3.05, 3.63) is 58.4 Å². The summed E-state index contributed by atoms with van der Waals surface area (Å²) in [7, 11) is 0. The molecule has 4 rings (SSSR count). The van der Waals surface area contributed by atoms with Gasteiger partial charge in [-0.05, 0) is 43.0 Å². The number of benzene rings is 1. The molecule has 2 aromatic rings. The molecule has 5 heteroatoms. The zero-order valence-corrected chi connectivity index (χ0v) is 14.4. The Hall–Kier alpha value is -1.78. The van der Waals surface area contributed by atoms with Crippen LogP contribution in [0.1, 0.15) is 47.2 Å². The van der Waals surface area contributed by atoms with E-state index in [1.54, 1.807) is 6.20 Å². The lowest BCUT2D eigenvalue weighted by molar-refractivity contribution is -0.0479. The molecular weight excluding hydrogens is 324 g/mol. The van der Waals surface area contributed by atoms with E-state index in [4.69, 9.17) is 11.6 Å². The zero-order valence-electron chi connectivity index (χ0n) is 13.6. The first kappa shape index (κ1) is 15.7. The smallest absolute Gasteiger partial charge is 0.256 e. The number of nitrogens with one attached hydrogen (secondary N) is 1. The van der Waals surface area contributed by atoms with Crippen LogP contribution in [0.4, 0.5) is 0 Å². The summed E-state index contributed by atoms with van der Waals surface area (Å²) in [5.41, 5.74) is 1.73. The highest BCUT2D eigenvalue weighted by Gasteiger charge is 2.50. The van der Waals surface area contributed by atoms with Gasteiger partial charge < -0.3 is 15.0 Å². The van der Waals surface area contributed by atoms with Gasteiger partial charge in [-0.25, -0.2) is 0 Å². The van der Waals surface area contributed by atoms with E-state index in [2.05, 4.69) is 4.98 Å². The number of hydrogen-bond donors (Lipinski definition) is 2. The third kappa shape index (κ3) is 2.45. The number of amides is 1. The number of carbonyl (C=O) groups is 1. The highest BCUT2D eigenvalue weighted by molar-refractivity contribution is 6.30. The van der Waals surface area contributed by atoms with Crippen LogP contribution >= 0.6 is 11.6 Å². The molecule has 1 amide bonds. The third-order valence-electron chi connectivity index (χ3n) is 5.57. The van der Waals surface area contributed by atoms with Crippen LogP contribution in [-0.4, -0.2) is 33.0 Å². The fraction of sp³-hybridized carbons (Fsp3) is 0.421. The number of nitrogens with zero attached hydrogens (tertiary/aromatic N) is 1. The van der Waals surface area contributed by atoms with Crippen molar-refractivity contribution in [1.82, 2.24) is 9.88 Å². The molecule has 3 heterocycles. The van der Waals surface area contributed by atoms with E-state index in [1.165, 1.54) is 0 Å². The maximum atomic E-state index is 12.9. The van der Waals surface area contributed by atoms with E-state index in [9.17, 15) is 9.90 Å². The number of aryl methyl sites for hydroxylation is 1. The summed E-state index contributed by atoms with van der Waals surface area (Å²) in [6, 6.07) is 7.61. The van der Waals surface area contributed by atoms with E-state index in [1.807, 2.05) is 42.3 Å². The number of fused-ring (bicyclic) bond motifs is 2. The first-order valence-electron chi connectivity index (χ1n) is 8.42. The summed E-state index contributed by atoms with van der Waals surface area (Å²) in [5.74, 6) is 0.0828. The highest BCUT2D eigenvalue weighted by Crippen LogP contribution is 2.46. The molecule has 126 valence electrons. The van der Waals surface area contributed by atoms with E-state index in [-0.39, 0.29) is 18.0 Å². The van der Waals surface area contributed by atoms with Crippen LogP contribution in [0.15, 0.2) is 36.7 Å². The van der Waals surface area contributed by atoms with Crippen molar-refractivity contribution in [2.45, 2.75) is 50.3 Å². The fourth-order valence-electron chi connectivity index (χ4n) is 4.36. The fourth-order valence-corrected chi connectivity index (χ4v) is 4.49. The predicted octanol–water partition coefficient (Wildman–Crippen LogP) is 3.63. The van der Waals surface area contributed by atoms with Crippen LogP contribution in [0.3, 0.4) is 0 Å². The molecule has 2 saturated heterocycles. The number of halogens is 1. The van der Waals surface area contributed by atoms with Gasteiger partial charge in [0.05, 0.1) is 11.2 Å². The third-order valence-corrected chi connectivity index (χ3v) is 5.82. The molecule has 2 atom stereocenters. The van der Waals surface area contributed by atoms with E-state index < -0.39 is 5.60 Å². The second kappa shape index (κ2) is 5.64. The van der Waals surface area contributed by atoms with Crippen LogP contribution < -0.4 is 0 Å². The van der Waals surface area contributed by atoms with Crippen molar-refractivity contribution >= 4 is 17.5 Å². The van der Waals surface area contributed by atoms with Gasteiger partial charge in [0.1, 0.15) is 0 Å². The monoisotopic (exact) mass is 344 g/mol. The molecule has 2 N–H and O–H groups in total. The SMILES string of the molecule is Cc1c[nH]cc1C(=O)N1[C@H]2CC[C@H]1CC(O)(c1ccc(Cl)cc1)C2. The van der Waals surface area contributed by atoms with E-state index in [0.717, 1.165) is 29.5 Å². The van der Waals surface area contributed by atoms with Gasteiger partial charge in [-0.2, -0.15) is 0 Å². The molecule has 0 aliphatic carbocycles. The van der Waals surface area contributed by atoms with Gasteiger partial charge in [0.15, 0.2) is 0 Å². The largest absolute Gasteiger partial charge is 0.385 e. The minimum absolute atomic E-state index is 0.0828. The molecule has 2 fully saturated rings. The van der Waals surface area contributed by atoms with Crippen LogP contribution in [0.5, 0.6) is 0 Å². The Labute approximate surface area is 146 Å². The summed E-state index contributed by atoms with van der Waals surface area (Å²) >= 11 is 5.96. The molecule has 0 radical (unpaired) electrons. The molecule has 2 aliphatic rings. The van der Waals surface area contributed by atoms with Crippen molar-refractivity contribution in [3.63, 3.8) is 0 Å². The number of carbonyl (C=O) groups excluding carboxylic acids is 1. The number of hydrogen-bond acceptors (Lipinski definition) is 2. The quantitative estimate of drug-likeness (QED) is 0.874. The molecule has 24 heavy (non-hydrogen) atoms. The summed E-state index contributed by atoms with van der Waals surface area (Å²) in [4.78, 5) is 17.9. The van der Waals surface area contributed by atoms with Gasteiger partial charge in [-0.1, -0.05) is 23.7 Å². The number of rotatable bonds is 2. The average molecular weight is 345 g/mol. The topological polar surface area (TPSA) is 56.3 Å². The highest BCUT2D eigenvalue weighted by atomic mass is 35.5. The molecule has 0 saturated carbocycles. The van der Waals surface area contributed by atoms with Gasteiger partial charge in [0, 0.05) is 42.3 Å². The molecule has 2 aliphatic heterocycles. The Morgan fingerprint density at radius 3 is 2.38 bits per heavy atom. The number of piperidine rings is 1. The van der Waals surface area contributed by atoms with E-state index >= 15 is 0 Å². The molecule has 4 nitrogen and oxygen atoms in total. The average Bonchev–Trinajstić information content (AvgIpc) is 3.09. The number of H-pyrrole nitrogens is 1. The van der Waals surface area contributed by atoms with Crippen LogP contribution in [-0.2, 0) is 5.60 Å². The van der Waals surface area contributed by atoms with Gasteiger partial charge in [-0.15, -0.1) is 0 Å². The van der Waals surface area contributed by atoms with Gasteiger partial charge in [0.2, 0.25) is 0 Å². The zero-order chi connectivity index (χ0) is 16.9. The molecular formula is C19H21ClN2O2. The predicted molar refractivity (Wildman–Crippen MR) is 93.1 cm³/mol. The molecule has 0 unspecified atom stereocenters. The standard InChI is InChI=1S/C19H21ClN2O2/c1-12-10-21-11-17(12)18(23)22-15-6-7-16(22)9-19(24,8-15)13-2-4-14(20)5-3-13/h2-5,10-11,15-16,21,24H,6-9H2,1H3/t15-,16-/m0/s1. The van der Waals surface area contributed by atoms with Crippen molar-refractivity contribution in [2.24, 2.45) is 0 Å². The van der Waals surface area contributed by atoms with Crippen molar-refractivity contribution in [3.8, 4) is 0 Å². The number of aliphatic hydroxyl groups is 1. The Kier molecular flexibility index (Phi) is 3.70. The maximum absolute atomic E-state index is 12.9. The molecule has 0 spiro atoms. The lowest BCUT2D eigenvalue weighted by Crippen LogP contribution is -2.52.